The first-order valence-corrected chi connectivity index (χ1v) is 30.4. The summed E-state index contributed by atoms with van der Waals surface area (Å²) in [5, 5.41) is 0. The van der Waals surface area contributed by atoms with E-state index >= 15 is 0 Å². The molecule has 6 heteroatoms. The zero-order chi connectivity index (χ0) is 52.9. The average molecular weight is 1010 g/mol. The minimum Gasteiger partial charge on any atom is -0.462 e. The van der Waals surface area contributed by atoms with Crippen LogP contribution in [0.2, 0.25) is 0 Å². The summed E-state index contributed by atoms with van der Waals surface area (Å²) in [7, 11) is 0. The molecule has 0 N–H and O–H groups in total. The number of hydrogen-bond donors (Lipinski definition) is 0. The van der Waals surface area contributed by atoms with Gasteiger partial charge in [0.25, 0.3) is 0 Å². The minimum absolute atomic E-state index is 0.105. The summed E-state index contributed by atoms with van der Waals surface area (Å²) in [4.78, 5) is 38.2. The van der Waals surface area contributed by atoms with E-state index < -0.39 is 6.10 Å². The van der Waals surface area contributed by atoms with Gasteiger partial charge in [0.15, 0.2) is 6.10 Å². The SMILES string of the molecule is CC/C=C\C/C=C\C/C=C\C/C=C\CCCCCCCCC(=O)OCC(COC(=O)CCC/C=C\C/C=C\C/C=C\C/C=C\CCCCC)OC(=O)CCCCCCCCC/C=C\CCCCCCCCCC. The molecule has 0 aromatic rings. The molecule has 0 saturated heterocycles. The highest BCUT2D eigenvalue weighted by molar-refractivity contribution is 5.71. The molecule has 0 amide bonds. The number of hydrogen-bond acceptors (Lipinski definition) is 6. The van der Waals surface area contributed by atoms with Crippen LogP contribution in [0, 0.1) is 0 Å². The van der Waals surface area contributed by atoms with Crippen LogP contribution in [0.1, 0.15) is 278 Å². The average Bonchev–Trinajstić information content (AvgIpc) is 3.39. The van der Waals surface area contributed by atoms with E-state index in [4.69, 9.17) is 14.2 Å². The van der Waals surface area contributed by atoms with Crippen LogP contribution in [0.25, 0.3) is 0 Å². The lowest BCUT2D eigenvalue weighted by molar-refractivity contribution is -0.167. The number of ether oxygens (including phenoxy) is 3. The zero-order valence-electron chi connectivity index (χ0n) is 47.6. The second kappa shape index (κ2) is 60.6. The Bertz CT molecular complexity index is 1490. The summed E-state index contributed by atoms with van der Waals surface area (Å²) in [6, 6.07) is 0. The first-order valence-electron chi connectivity index (χ1n) is 30.4. The summed E-state index contributed by atoms with van der Waals surface area (Å²) in [6.07, 6.45) is 82.3. The largest absolute Gasteiger partial charge is 0.462 e. The summed E-state index contributed by atoms with van der Waals surface area (Å²) >= 11 is 0. The van der Waals surface area contributed by atoms with Gasteiger partial charge in [-0.2, -0.15) is 0 Å². The van der Waals surface area contributed by atoms with Crippen LogP contribution in [0.4, 0.5) is 0 Å². The maximum atomic E-state index is 12.9. The van der Waals surface area contributed by atoms with Crippen molar-refractivity contribution in [3.8, 4) is 0 Å². The second-order valence-electron chi connectivity index (χ2n) is 19.9. The number of carbonyl (C=O) groups is 3. The minimum atomic E-state index is -0.812. The van der Waals surface area contributed by atoms with Gasteiger partial charge in [0.1, 0.15) is 13.2 Å². The Labute approximate surface area is 450 Å². The molecule has 1 unspecified atom stereocenters. The second-order valence-corrected chi connectivity index (χ2v) is 19.9. The van der Waals surface area contributed by atoms with Gasteiger partial charge in [-0.05, 0) is 122 Å². The van der Waals surface area contributed by atoms with Crippen LogP contribution in [0.15, 0.2) is 109 Å². The van der Waals surface area contributed by atoms with Gasteiger partial charge in [-0.3, -0.25) is 14.4 Å². The molecule has 0 bridgehead atoms. The Balaban J connectivity index is 4.50. The molecule has 0 aliphatic heterocycles. The fourth-order valence-corrected chi connectivity index (χ4v) is 8.19. The molecular weight excluding hydrogens is 901 g/mol. The third-order valence-electron chi connectivity index (χ3n) is 12.7. The Hall–Kier alpha value is -3.93. The van der Waals surface area contributed by atoms with Crippen LogP contribution in [-0.4, -0.2) is 37.2 Å². The molecule has 416 valence electrons. The molecule has 0 aliphatic rings. The molecule has 0 aromatic heterocycles. The van der Waals surface area contributed by atoms with Gasteiger partial charge >= 0.3 is 17.9 Å². The van der Waals surface area contributed by atoms with E-state index in [2.05, 4.69) is 130 Å². The van der Waals surface area contributed by atoms with Crippen LogP contribution < -0.4 is 0 Å². The fourth-order valence-electron chi connectivity index (χ4n) is 8.19. The van der Waals surface area contributed by atoms with Crippen molar-refractivity contribution in [2.24, 2.45) is 0 Å². The van der Waals surface area contributed by atoms with Crippen molar-refractivity contribution >= 4 is 17.9 Å². The lowest BCUT2D eigenvalue weighted by atomic mass is 10.1. The Morgan fingerprint density at radius 2 is 0.548 bits per heavy atom. The maximum Gasteiger partial charge on any atom is 0.306 e. The number of rotatable bonds is 54. The molecule has 1 atom stereocenters. The maximum absolute atomic E-state index is 12.9. The first kappa shape index (κ1) is 69.1. The van der Waals surface area contributed by atoms with E-state index in [9.17, 15) is 14.4 Å². The molecule has 0 heterocycles. The summed E-state index contributed by atoms with van der Waals surface area (Å²) < 4.78 is 16.8. The van der Waals surface area contributed by atoms with Gasteiger partial charge in [-0.1, -0.05) is 246 Å². The molecule has 0 fully saturated rings. The van der Waals surface area contributed by atoms with Crippen molar-refractivity contribution in [2.75, 3.05) is 13.2 Å². The van der Waals surface area contributed by atoms with E-state index in [0.29, 0.717) is 19.3 Å². The molecule has 6 nitrogen and oxygen atoms in total. The third kappa shape index (κ3) is 58.8. The van der Waals surface area contributed by atoms with E-state index in [0.717, 1.165) is 103 Å². The van der Waals surface area contributed by atoms with Crippen molar-refractivity contribution in [1.82, 2.24) is 0 Å². The standard InChI is InChI=1S/C67H112O6/c1-4-7-10-13-16-19-22-25-28-31-33-36-39-42-45-48-51-54-57-60-66(69)72-63-64(62-71-65(68)59-56-53-50-47-44-41-38-35-30-27-24-21-18-15-12-9-6-3)73-67(70)61-58-55-52-49-46-43-40-37-34-32-29-26-23-20-17-14-11-8-5-2/h7,10,16,18-19,21,25,27-28,30,32-34,36,38,41,47,50,64H,4-6,8-9,11-15,17,20,22-24,26,29,31,35,37,39-40,42-46,48-49,51-63H2,1-3H3/b10-7-,19-16-,21-18-,28-25-,30-27-,34-32-,36-33-,41-38-,50-47-. The van der Waals surface area contributed by atoms with Gasteiger partial charge in [0, 0.05) is 19.3 Å². The van der Waals surface area contributed by atoms with Crippen LogP contribution in [-0.2, 0) is 28.6 Å². The topological polar surface area (TPSA) is 78.9 Å². The summed E-state index contributed by atoms with van der Waals surface area (Å²) in [6.45, 7) is 6.45. The Morgan fingerprint density at radius 3 is 0.932 bits per heavy atom. The summed E-state index contributed by atoms with van der Waals surface area (Å²) in [5.74, 6) is -0.976. The van der Waals surface area contributed by atoms with Crippen molar-refractivity contribution < 1.29 is 28.6 Å². The summed E-state index contributed by atoms with van der Waals surface area (Å²) in [5.41, 5.74) is 0. The van der Waals surface area contributed by atoms with Crippen LogP contribution >= 0.6 is 0 Å². The lowest BCUT2D eigenvalue weighted by Gasteiger charge is -2.18. The Kier molecular flexibility index (Phi) is 57.4. The molecule has 73 heavy (non-hydrogen) atoms. The molecular formula is C67H112O6. The zero-order valence-corrected chi connectivity index (χ0v) is 47.6. The van der Waals surface area contributed by atoms with E-state index in [1.54, 1.807) is 0 Å². The van der Waals surface area contributed by atoms with Gasteiger partial charge < -0.3 is 14.2 Å². The van der Waals surface area contributed by atoms with Gasteiger partial charge in [0.2, 0.25) is 0 Å². The van der Waals surface area contributed by atoms with E-state index in [1.807, 2.05) is 0 Å². The highest BCUT2D eigenvalue weighted by Gasteiger charge is 2.19. The van der Waals surface area contributed by atoms with Crippen molar-refractivity contribution in [1.29, 1.82) is 0 Å². The molecule has 0 spiro atoms. The Morgan fingerprint density at radius 1 is 0.288 bits per heavy atom. The van der Waals surface area contributed by atoms with Gasteiger partial charge in [-0.25, -0.2) is 0 Å². The molecule has 0 saturated carbocycles. The number of unbranched alkanes of at least 4 members (excludes halogenated alkanes) is 25. The van der Waals surface area contributed by atoms with E-state index in [1.165, 1.54) is 128 Å². The fraction of sp³-hybridized carbons (Fsp3) is 0.687. The van der Waals surface area contributed by atoms with Crippen molar-refractivity contribution in [3.63, 3.8) is 0 Å². The van der Waals surface area contributed by atoms with Crippen molar-refractivity contribution in [2.45, 2.75) is 284 Å². The third-order valence-corrected chi connectivity index (χ3v) is 12.7. The lowest BCUT2D eigenvalue weighted by Crippen LogP contribution is -2.30. The normalized spacial score (nSPS) is 12.9. The highest BCUT2D eigenvalue weighted by Crippen LogP contribution is 2.15. The smallest absolute Gasteiger partial charge is 0.306 e. The van der Waals surface area contributed by atoms with Crippen LogP contribution in [0.5, 0.6) is 0 Å². The molecule has 0 aliphatic carbocycles. The number of allylic oxidation sites excluding steroid dienone is 18. The predicted octanol–water partition coefficient (Wildman–Crippen LogP) is 20.7. The number of carbonyl (C=O) groups excluding carboxylic acids is 3. The predicted molar refractivity (Wildman–Crippen MR) is 316 cm³/mol. The quantitative estimate of drug-likeness (QED) is 0.0261. The first-order chi connectivity index (χ1) is 36.0. The van der Waals surface area contributed by atoms with Gasteiger partial charge in [-0.15, -0.1) is 0 Å². The highest BCUT2D eigenvalue weighted by atomic mass is 16.6. The van der Waals surface area contributed by atoms with Crippen molar-refractivity contribution in [3.05, 3.63) is 109 Å². The monoisotopic (exact) mass is 1010 g/mol. The van der Waals surface area contributed by atoms with Crippen LogP contribution in [0.3, 0.4) is 0 Å². The molecule has 0 rings (SSSR count). The molecule has 0 radical (unpaired) electrons. The number of esters is 3. The molecule has 0 aromatic carbocycles. The van der Waals surface area contributed by atoms with Gasteiger partial charge in [0.05, 0.1) is 0 Å². The van der Waals surface area contributed by atoms with E-state index in [-0.39, 0.29) is 37.5 Å².